The summed E-state index contributed by atoms with van der Waals surface area (Å²) in [6.07, 6.45) is 0. The van der Waals surface area contributed by atoms with Crippen LogP contribution in [0.3, 0.4) is 0 Å². The summed E-state index contributed by atoms with van der Waals surface area (Å²) in [6.45, 7) is 16.6. The summed E-state index contributed by atoms with van der Waals surface area (Å²) in [7, 11) is 0. The van der Waals surface area contributed by atoms with E-state index in [0.717, 1.165) is 11.4 Å². The summed E-state index contributed by atoms with van der Waals surface area (Å²) in [5.74, 6) is 0. The van der Waals surface area contributed by atoms with Crippen LogP contribution >= 0.6 is 0 Å². The zero-order valence-electron chi connectivity index (χ0n) is 38.9. The third kappa shape index (κ3) is 5.06. The molecule has 9 aromatic carbocycles. The van der Waals surface area contributed by atoms with E-state index in [9.17, 15) is 0 Å². The predicted molar refractivity (Wildman–Crippen MR) is 277 cm³/mol. The van der Waals surface area contributed by atoms with Crippen molar-refractivity contribution in [2.45, 2.75) is 70.1 Å². The van der Waals surface area contributed by atoms with Gasteiger partial charge in [0.15, 0.2) is 0 Å². The maximum atomic E-state index is 2.59. The van der Waals surface area contributed by atoms with Gasteiger partial charge in [0.2, 0.25) is 0 Å². The van der Waals surface area contributed by atoms with Crippen molar-refractivity contribution in [3.63, 3.8) is 0 Å². The standard InChI is InChI=1S/C65H53N/c1-62(2,3)41-37-58-61(50-23-12-17-29-55(50)65(58)53-27-15-9-20-46(53)47-21-10-16-28-54(47)65)59(38-41)66(43-35-36-48-45-19-8-13-25-51(45)64(6,7)57(48)39-43)42-33-31-40(32-34-42)44-24-18-30-56-60(44)49-22-11-14-26-52(49)63(56,4)5/h8-39H,1-7H3. The van der Waals surface area contributed by atoms with Crippen LogP contribution in [0.5, 0.6) is 0 Å². The number of nitrogens with zero attached hydrogens (tertiary/aromatic N) is 1. The van der Waals surface area contributed by atoms with Crippen LogP contribution in [-0.2, 0) is 21.7 Å². The van der Waals surface area contributed by atoms with Gasteiger partial charge in [0.05, 0.1) is 11.1 Å². The summed E-state index contributed by atoms with van der Waals surface area (Å²) in [4.78, 5) is 2.59. The zero-order chi connectivity index (χ0) is 44.9. The molecule has 1 heteroatoms. The normalized spacial score (nSPS) is 15.6. The summed E-state index contributed by atoms with van der Waals surface area (Å²) >= 11 is 0. The smallest absolute Gasteiger partial charge is 0.0726 e. The van der Waals surface area contributed by atoms with Crippen LogP contribution < -0.4 is 4.90 Å². The molecule has 1 nitrogen and oxygen atoms in total. The topological polar surface area (TPSA) is 3.24 Å². The van der Waals surface area contributed by atoms with E-state index >= 15 is 0 Å². The van der Waals surface area contributed by atoms with Crippen molar-refractivity contribution in [3.05, 3.63) is 244 Å². The molecule has 9 aromatic rings. The Morgan fingerprint density at radius 1 is 0.333 bits per heavy atom. The molecular weight excluding hydrogens is 795 g/mol. The number of rotatable bonds is 4. The summed E-state index contributed by atoms with van der Waals surface area (Å²) in [5.41, 5.74) is 28.1. The minimum absolute atomic E-state index is 0.0634. The number of fused-ring (bicyclic) bond motifs is 16. The molecule has 1 spiro atoms. The summed E-state index contributed by atoms with van der Waals surface area (Å²) in [6, 6.07) is 74.3. The first-order chi connectivity index (χ1) is 31.9. The lowest BCUT2D eigenvalue weighted by atomic mass is 9.69. The molecule has 13 rings (SSSR count). The first-order valence-electron chi connectivity index (χ1n) is 23.8. The fraction of sp³-hybridized carbons (Fsp3) is 0.169. The third-order valence-corrected chi connectivity index (χ3v) is 16.1. The monoisotopic (exact) mass is 847 g/mol. The Bertz CT molecular complexity index is 3470. The summed E-state index contributed by atoms with van der Waals surface area (Å²) < 4.78 is 0. The highest BCUT2D eigenvalue weighted by Gasteiger charge is 2.53. The highest BCUT2D eigenvalue weighted by molar-refractivity contribution is 6.02. The predicted octanol–water partition coefficient (Wildman–Crippen LogP) is 17.1. The SMILES string of the molecule is CC(C)(C)c1cc(N(c2ccc(-c3cccc4c3-c3ccccc3C4(C)C)cc2)c2ccc3c(c2)C(C)(C)c2ccccc2-3)c2c(c1)C1(c3ccccc3-c3ccccc31)c1ccccc1-2. The third-order valence-electron chi connectivity index (χ3n) is 16.1. The molecule has 0 aliphatic heterocycles. The second-order valence-corrected chi connectivity index (χ2v) is 21.2. The largest absolute Gasteiger partial charge is 0.310 e. The lowest BCUT2D eigenvalue weighted by molar-refractivity contribution is 0.588. The first-order valence-corrected chi connectivity index (χ1v) is 23.8. The molecule has 0 unspecified atom stereocenters. The zero-order valence-corrected chi connectivity index (χ0v) is 38.9. The van der Waals surface area contributed by atoms with Gasteiger partial charge < -0.3 is 4.90 Å². The second kappa shape index (κ2) is 13.4. The molecule has 4 aliphatic rings. The minimum atomic E-state index is -0.468. The van der Waals surface area contributed by atoms with E-state index in [1.54, 1.807) is 0 Å². The fourth-order valence-corrected chi connectivity index (χ4v) is 12.8. The van der Waals surface area contributed by atoms with E-state index in [0.29, 0.717) is 0 Å². The molecule has 0 bridgehead atoms. The van der Waals surface area contributed by atoms with Crippen LogP contribution in [0.15, 0.2) is 194 Å². The molecule has 0 fully saturated rings. The maximum Gasteiger partial charge on any atom is 0.0726 e. The molecule has 0 saturated heterocycles. The van der Waals surface area contributed by atoms with Gasteiger partial charge in [0.25, 0.3) is 0 Å². The molecule has 66 heavy (non-hydrogen) atoms. The molecular formula is C65H53N. The van der Waals surface area contributed by atoms with Gasteiger partial charge in [-0.2, -0.15) is 0 Å². The minimum Gasteiger partial charge on any atom is -0.310 e. The Morgan fingerprint density at radius 2 is 0.773 bits per heavy atom. The van der Waals surface area contributed by atoms with E-state index in [4.69, 9.17) is 0 Å². The number of benzene rings is 9. The molecule has 0 aromatic heterocycles. The van der Waals surface area contributed by atoms with Crippen molar-refractivity contribution in [1.82, 2.24) is 0 Å². The average Bonchev–Trinajstić information content (AvgIpc) is 3.97. The van der Waals surface area contributed by atoms with E-state index in [1.807, 2.05) is 0 Å². The molecule has 4 aliphatic carbocycles. The van der Waals surface area contributed by atoms with Gasteiger partial charge in [-0.15, -0.1) is 0 Å². The van der Waals surface area contributed by atoms with Gasteiger partial charge in [0.1, 0.15) is 0 Å². The molecule has 0 saturated carbocycles. The van der Waals surface area contributed by atoms with Crippen LogP contribution in [-0.4, -0.2) is 0 Å². The van der Waals surface area contributed by atoms with Gasteiger partial charge in [0, 0.05) is 27.8 Å². The van der Waals surface area contributed by atoms with Crippen molar-refractivity contribution in [2.24, 2.45) is 0 Å². The lowest BCUT2D eigenvalue weighted by Gasteiger charge is -2.34. The number of hydrogen-bond acceptors (Lipinski definition) is 1. The molecule has 0 atom stereocenters. The van der Waals surface area contributed by atoms with Crippen LogP contribution in [0.2, 0.25) is 0 Å². The Kier molecular flexibility index (Phi) is 7.97. The Labute approximate surface area is 390 Å². The molecule has 0 heterocycles. The molecule has 0 N–H and O–H groups in total. The van der Waals surface area contributed by atoms with Gasteiger partial charge in [-0.25, -0.2) is 0 Å². The first kappa shape index (κ1) is 39.2. The van der Waals surface area contributed by atoms with Crippen molar-refractivity contribution >= 4 is 17.1 Å². The van der Waals surface area contributed by atoms with Crippen molar-refractivity contribution < 1.29 is 0 Å². The molecule has 318 valence electrons. The molecule has 0 amide bonds. The fourth-order valence-electron chi connectivity index (χ4n) is 12.8. The highest BCUT2D eigenvalue weighted by Crippen LogP contribution is 2.65. The van der Waals surface area contributed by atoms with E-state index in [2.05, 4.69) is 247 Å². The Hall–Kier alpha value is -7.22. The van der Waals surface area contributed by atoms with E-state index < -0.39 is 5.41 Å². The van der Waals surface area contributed by atoms with Crippen LogP contribution in [0.25, 0.3) is 55.6 Å². The maximum absolute atomic E-state index is 2.59. The van der Waals surface area contributed by atoms with Gasteiger partial charge in [-0.3, -0.25) is 0 Å². The average molecular weight is 848 g/mol. The van der Waals surface area contributed by atoms with Crippen LogP contribution in [0, 0.1) is 0 Å². The number of anilines is 3. The van der Waals surface area contributed by atoms with Crippen molar-refractivity contribution in [1.29, 1.82) is 0 Å². The molecule has 0 radical (unpaired) electrons. The van der Waals surface area contributed by atoms with Crippen molar-refractivity contribution in [3.8, 4) is 55.6 Å². The van der Waals surface area contributed by atoms with Crippen molar-refractivity contribution in [2.75, 3.05) is 4.90 Å². The van der Waals surface area contributed by atoms with Crippen LogP contribution in [0.1, 0.15) is 98.5 Å². The van der Waals surface area contributed by atoms with Gasteiger partial charge in [-0.05, 0) is 136 Å². The van der Waals surface area contributed by atoms with E-state index in [-0.39, 0.29) is 16.2 Å². The Balaban J connectivity index is 1.09. The lowest BCUT2D eigenvalue weighted by Crippen LogP contribution is -2.27. The summed E-state index contributed by atoms with van der Waals surface area (Å²) in [5, 5.41) is 0. The van der Waals surface area contributed by atoms with Gasteiger partial charge in [-0.1, -0.05) is 212 Å². The number of hydrogen-bond donors (Lipinski definition) is 0. The van der Waals surface area contributed by atoms with Gasteiger partial charge >= 0.3 is 0 Å². The quantitative estimate of drug-likeness (QED) is 0.171. The Morgan fingerprint density at radius 3 is 1.38 bits per heavy atom. The second-order valence-electron chi connectivity index (χ2n) is 21.2. The van der Waals surface area contributed by atoms with Crippen LogP contribution in [0.4, 0.5) is 17.1 Å². The van der Waals surface area contributed by atoms with E-state index in [1.165, 1.54) is 111 Å². The highest BCUT2D eigenvalue weighted by atomic mass is 15.1.